The van der Waals surface area contributed by atoms with Crippen molar-refractivity contribution in [1.29, 1.82) is 0 Å². The van der Waals surface area contributed by atoms with Crippen molar-refractivity contribution in [3.63, 3.8) is 0 Å². The second-order valence-corrected chi connectivity index (χ2v) is 7.80. The molecule has 7 nitrogen and oxygen atoms in total. The number of carbonyl (C=O) groups excluding carboxylic acids is 1. The Kier molecular flexibility index (Phi) is 5.93. The highest BCUT2D eigenvalue weighted by atomic mass is 16.2. The molecule has 1 aliphatic heterocycles. The summed E-state index contributed by atoms with van der Waals surface area (Å²) in [6.45, 7) is 2.77. The molecule has 0 aliphatic carbocycles. The molecule has 1 fully saturated rings. The Bertz CT molecular complexity index is 1240. The van der Waals surface area contributed by atoms with Gasteiger partial charge in [-0.2, -0.15) is 5.10 Å². The van der Waals surface area contributed by atoms with E-state index >= 15 is 0 Å². The van der Waals surface area contributed by atoms with Gasteiger partial charge in [0.05, 0.1) is 11.9 Å². The van der Waals surface area contributed by atoms with Gasteiger partial charge in [-0.1, -0.05) is 48.5 Å². The molecule has 2 aromatic heterocycles. The fourth-order valence-electron chi connectivity index (χ4n) is 3.83. The lowest BCUT2D eigenvalue weighted by atomic mass is 10.2. The lowest BCUT2D eigenvalue weighted by molar-refractivity contribution is -0.126. The number of piperazine rings is 1. The van der Waals surface area contributed by atoms with E-state index < -0.39 is 0 Å². The molecular weight excluding hydrogens is 412 g/mol. The summed E-state index contributed by atoms with van der Waals surface area (Å²) in [5.74, 6) is 1.61. The number of para-hydroxylation sites is 1. The van der Waals surface area contributed by atoms with Gasteiger partial charge < -0.3 is 9.80 Å². The molecule has 0 saturated carbocycles. The van der Waals surface area contributed by atoms with Crippen LogP contribution in [0.4, 0.5) is 5.82 Å². The molecule has 1 saturated heterocycles. The fourth-order valence-corrected chi connectivity index (χ4v) is 3.83. The third kappa shape index (κ3) is 4.82. The number of carbonyl (C=O) groups is 1. The number of hydrogen-bond donors (Lipinski definition) is 0. The lowest BCUT2D eigenvalue weighted by Gasteiger charge is -2.35. The van der Waals surface area contributed by atoms with Crippen LogP contribution >= 0.6 is 0 Å². The standard InChI is InChI=1S/C26H24N6O/c33-25(12-11-21-19-28-32(20-21)23-9-5-2-6-10-23)31-17-15-30(16-18-31)24-13-14-27-26(29-24)22-7-3-1-4-8-22/h1-14,19-20H,15-18H2/b12-11+. The van der Waals surface area contributed by atoms with Gasteiger partial charge in [0.2, 0.25) is 5.91 Å². The first kappa shape index (κ1) is 20.6. The maximum atomic E-state index is 12.7. The Hall–Kier alpha value is -4.26. The number of amides is 1. The quantitative estimate of drug-likeness (QED) is 0.447. The number of nitrogens with zero attached hydrogens (tertiary/aromatic N) is 6. The van der Waals surface area contributed by atoms with Crippen molar-refractivity contribution in [2.75, 3.05) is 31.1 Å². The van der Waals surface area contributed by atoms with Crippen molar-refractivity contribution >= 4 is 17.8 Å². The highest BCUT2D eigenvalue weighted by Gasteiger charge is 2.21. The van der Waals surface area contributed by atoms with Crippen molar-refractivity contribution in [1.82, 2.24) is 24.6 Å². The zero-order chi connectivity index (χ0) is 22.5. The highest BCUT2D eigenvalue weighted by Crippen LogP contribution is 2.19. The summed E-state index contributed by atoms with van der Waals surface area (Å²) in [5.41, 5.74) is 2.87. The normalized spacial score (nSPS) is 14.1. The van der Waals surface area contributed by atoms with E-state index in [1.54, 1.807) is 23.2 Å². The topological polar surface area (TPSA) is 67.2 Å². The minimum atomic E-state index is 0.00905. The van der Waals surface area contributed by atoms with Crippen LogP contribution in [0.3, 0.4) is 0 Å². The van der Waals surface area contributed by atoms with E-state index in [4.69, 9.17) is 4.98 Å². The molecule has 3 heterocycles. The van der Waals surface area contributed by atoms with Gasteiger partial charge in [0.1, 0.15) is 5.82 Å². The third-order valence-electron chi connectivity index (χ3n) is 5.63. The molecule has 7 heteroatoms. The van der Waals surface area contributed by atoms with Gasteiger partial charge in [-0.25, -0.2) is 14.6 Å². The van der Waals surface area contributed by atoms with E-state index in [0.717, 1.165) is 35.7 Å². The first-order valence-electron chi connectivity index (χ1n) is 11.0. The fraction of sp³-hybridized carbons (Fsp3) is 0.154. The summed E-state index contributed by atoms with van der Waals surface area (Å²) >= 11 is 0. The van der Waals surface area contributed by atoms with E-state index in [9.17, 15) is 4.79 Å². The average molecular weight is 437 g/mol. The first-order chi connectivity index (χ1) is 16.3. The first-order valence-corrected chi connectivity index (χ1v) is 11.0. The van der Waals surface area contributed by atoms with Crippen LogP contribution in [0, 0.1) is 0 Å². The third-order valence-corrected chi connectivity index (χ3v) is 5.63. The Morgan fingerprint density at radius 3 is 2.36 bits per heavy atom. The van der Waals surface area contributed by atoms with E-state index in [1.807, 2.05) is 83.9 Å². The van der Waals surface area contributed by atoms with E-state index in [0.29, 0.717) is 18.9 Å². The molecule has 4 aromatic rings. The molecule has 0 bridgehead atoms. The van der Waals surface area contributed by atoms with Gasteiger partial charge in [0, 0.05) is 55.8 Å². The highest BCUT2D eigenvalue weighted by molar-refractivity contribution is 5.91. The minimum Gasteiger partial charge on any atom is -0.353 e. The molecule has 0 atom stereocenters. The summed E-state index contributed by atoms with van der Waals surface area (Å²) < 4.78 is 1.80. The SMILES string of the molecule is O=C(/C=C/c1cnn(-c2ccccc2)c1)N1CCN(c2ccnc(-c3ccccc3)n2)CC1. The second-order valence-electron chi connectivity index (χ2n) is 7.80. The Labute approximate surface area is 192 Å². The van der Waals surface area contributed by atoms with E-state index in [1.165, 1.54) is 0 Å². The number of rotatable bonds is 5. The number of hydrogen-bond acceptors (Lipinski definition) is 5. The van der Waals surface area contributed by atoms with Crippen LogP contribution in [0.1, 0.15) is 5.56 Å². The van der Waals surface area contributed by atoms with E-state index in [-0.39, 0.29) is 5.91 Å². The number of anilines is 1. The van der Waals surface area contributed by atoms with Crippen molar-refractivity contribution in [3.8, 4) is 17.1 Å². The molecular formula is C26H24N6O. The van der Waals surface area contributed by atoms with Gasteiger partial charge in [0.25, 0.3) is 0 Å². The van der Waals surface area contributed by atoms with Gasteiger partial charge >= 0.3 is 0 Å². The summed E-state index contributed by atoms with van der Waals surface area (Å²) in [6, 6.07) is 21.8. The predicted octanol–water partition coefficient (Wildman–Crippen LogP) is 3.69. The molecule has 33 heavy (non-hydrogen) atoms. The van der Waals surface area contributed by atoms with Crippen LogP contribution < -0.4 is 4.90 Å². The second kappa shape index (κ2) is 9.48. The van der Waals surface area contributed by atoms with Crippen molar-refractivity contribution in [3.05, 3.63) is 97.0 Å². The van der Waals surface area contributed by atoms with Crippen LogP contribution in [0.5, 0.6) is 0 Å². The molecule has 164 valence electrons. The smallest absolute Gasteiger partial charge is 0.246 e. The molecule has 1 amide bonds. The van der Waals surface area contributed by atoms with Crippen molar-refractivity contribution in [2.45, 2.75) is 0 Å². The van der Waals surface area contributed by atoms with Crippen LogP contribution in [-0.4, -0.2) is 56.7 Å². The van der Waals surface area contributed by atoms with Gasteiger partial charge in [0.15, 0.2) is 5.82 Å². The van der Waals surface area contributed by atoms with Crippen LogP contribution in [0.2, 0.25) is 0 Å². The van der Waals surface area contributed by atoms with E-state index in [2.05, 4.69) is 15.0 Å². The molecule has 5 rings (SSSR count). The zero-order valence-electron chi connectivity index (χ0n) is 18.2. The number of benzene rings is 2. The Morgan fingerprint density at radius 2 is 1.61 bits per heavy atom. The Morgan fingerprint density at radius 1 is 0.879 bits per heavy atom. The molecule has 0 N–H and O–H groups in total. The van der Waals surface area contributed by atoms with Gasteiger partial charge in [-0.15, -0.1) is 0 Å². The van der Waals surface area contributed by atoms with Crippen molar-refractivity contribution < 1.29 is 4.79 Å². The molecule has 2 aromatic carbocycles. The van der Waals surface area contributed by atoms with Crippen LogP contribution in [0.25, 0.3) is 23.2 Å². The average Bonchev–Trinajstić information content (AvgIpc) is 3.38. The van der Waals surface area contributed by atoms with Crippen LogP contribution in [-0.2, 0) is 4.79 Å². The number of aromatic nitrogens is 4. The largest absolute Gasteiger partial charge is 0.353 e. The summed E-state index contributed by atoms with van der Waals surface area (Å²) in [4.78, 5) is 25.9. The van der Waals surface area contributed by atoms with Gasteiger partial charge in [-0.3, -0.25) is 4.79 Å². The molecule has 0 spiro atoms. The van der Waals surface area contributed by atoms with Crippen molar-refractivity contribution in [2.24, 2.45) is 0 Å². The van der Waals surface area contributed by atoms with Gasteiger partial charge in [-0.05, 0) is 24.3 Å². The predicted molar refractivity (Wildman–Crippen MR) is 129 cm³/mol. The lowest BCUT2D eigenvalue weighted by Crippen LogP contribution is -2.48. The summed E-state index contributed by atoms with van der Waals surface area (Å²) in [6.07, 6.45) is 8.91. The molecule has 1 aliphatic rings. The maximum absolute atomic E-state index is 12.7. The summed E-state index contributed by atoms with van der Waals surface area (Å²) in [5, 5.41) is 4.37. The monoisotopic (exact) mass is 436 g/mol. The molecule has 0 radical (unpaired) electrons. The summed E-state index contributed by atoms with van der Waals surface area (Å²) in [7, 11) is 0. The zero-order valence-corrected chi connectivity index (χ0v) is 18.2. The van der Waals surface area contributed by atoms with Crippen LogP contribution in [0.15, 0.2) is 91.4 Å². The minimum absolute atomic E-state index is 0.00905. The Balaban J connectivity index is 1.19. The molecule has 0 unspecified atom stereocenters. The maximum Gasteiger partial charge on any atom is 0.246 e.